The highest BCUT2D eigenvalue weighted by Crippen LogP contribution is 2.59. The predicted molar refractivity (Wildman–Crippen MR) is 279 cm³/mol. The van der Waals surface area contributed by atoms with E-state index in [1.165, 1.54) is 77.7 Å². The Labute approximate surface area is 388 Å². The highest BCUT2D eigenvalue weighted by molar-refractivity contribution is 6.02. The summed E-state index contributed by atoms with van der Waals surface area (Å²) in [6.07, 6.45) is 0. The number of hydrogen-bond donors (Lipinski definition) is 0. The first-order valence-electron chi connectivity index (χ1n) is 23.2. The molecule has 2 heteroatoms. The fourth-order valence-electron chi connectivity index (χ4n) is 11.3. The monoisotopic (exact) mass is 846 g/mol. The molecule has 2 aliphatic carbocycles. The summed E-state index contributed by atoms with van der Waals surface area (Å²) < 4.78 is 0. The van der Waals surface area contributed by atoms with Gasteiger partial charge in [-0.05, 0) is 110 Å². The molecule has 0 N–H and O–H groups in total. The van der Waals surface area contributed by atoms with Crippen LogP contribution in [-0.4, -0.2) is 0 Å². The molecule has 0 saturated heterocycles. The maximum absolute atomic E-state index is 2.60. The molecule has 0 fully saturated rings. The smallest absolute Gasteiger partial charge is 0.0587 e. The van der Waals surface area contributed by atoms with Crippen molar-refractivity contribution in [1.29, 1.82) is 0 Å². The molecule has 2 nitrogen and oxygen atoms in total. The second-order valence-electron chi connectivity index (χ2n) is 18.9. The molecule has 2 aliphatic rings. The summed E-state index contributed by atoms with van der Waals surface area (Å²) in [7, 11) is 0. The molecule has 0 saturated carbocycles. The zero-order valence-corrected chi connectivity index (χ0v) is 37.8. The molecule has 0 aliphatic heterocycles. The van der Waals surface area contributed by atoms with E-state index in [0.717, 1.165) is 34.0 Å². The minimum absolute atomic E-state index is 0.173. The highest BCUT2D eigenvalue weighted by Gasteiger charge is 2.41. The van der Waals surface area contributed by atoms with Crippen molar-refractivity contribution in [3.05, 3.63) is 253 Å². The molecule has 66 heavy (non-hydrogen) atoms. The number of rotatable bonds is 8. The Morgan fingerprint density at radius 3 is 1.56 bits per heavy atom. The van der Waals surface area contributed by atoms with E-state index in [1.54, 1.807) is 0 Å². The van der Waals surface area contributed by atoms with E-state index in [2.05, 4.69) is 268 Å². The van der Waals surface area contributed by atoms with Gasteiger partial charge in [-0.1, -0.05) is 210 Å². The number of fused-ring (bicyclic) bond motifs is 7. The summed E-state index contributed by atoms with van der Waals surface area (Å²) in [6, 6.07) is 85.1. The summed E-state index contributed by atoms with van der Waals surface area (Å²) in [5.74, 6) is 0. The van der Waals surface area contributed by atoms with Gasteiger partial charge < -0.3 is 9.80 Å². The van der Waals surface area contributed by atoms with Crippen LogP contribution in [0.5, 0.6) is 0 Å². The third-order valence-corrected chi connectivity index (χ3v) is 14.4. The molecule has 10 aromatic rings. The van der Waals surface area contributed by atoms with Crippen molar-refractivity contribution in [3.63, 3.8) is 0 Å². The molecule has 0 bridgehead atoms. The Morgan fingerprint density at radius 1 is 0.303 bits per heavy atom. The van der Waals surface area contributed by atoms with Gasteiger partial charge in [0.1, 0.15) is 0 Å². The van der Waals surface area contributed by atoms with Gasteiger partial charge in [0.2, 0.25) is 0 Å². The topological polar surface area (TPSA) is 6.48 Å². The number of nitrogens with zero attached hydrogens (tertiary/aromatic N) is 2. The first-order chi connectivity index (χ1) is 32.3. The highest BCUT2D eigenvalue weighted by atomic mass is 15.2. The normalized spacial score (nSPS) is 13.7. The number of anilines is 6. The third-order valence-electron chi connectivity index (χ3n) is 14.4. The molecular weight excluding hydrogens is 797 g/mol. The van der Waals surface area contributed by atoms with E-state index in [4.69, 9.17) is 0 Å². The quantitative estimate of drug-likeness (QED) is 0.150. The minimum atomic E-state index is -0.304. The van der Waals surface area contributed by atoms with E-state index in [0.29, 0.717) is 0 Å². The van der Waals surface area contributed by atoms with Gasteiger partial charge in [0, 0.05) is 44.4 Å². The van der Waals surface area contributed by atoms with Crippen molar-refractivity contribution >= 4 is 44.9 Å². The Hall–Kier alpha value is -7.94. The van der Waals surface area contributed by atoms with Crippen LogP contribution >= 0.6 is 0 Å². The Kier molecular flexibility index (Phi) is 9.22. The lowest BCUT2D eigenvalue weighted by Gasteiger charge is -2.36. The van der Waals surface area contributed by atoms with Gasteiger partial charge in [0.05, 0.1) is 17.1 Å². The lowest BCUT2D eigenvalue weighted by molar-refractivity contribution is 0.659. The molecular formula is C64H50N2. The molecule has 0 spiro atoms. The van der Waals surface area contributed by atoms with E-state index >= 15 is 0 Å². The van der Waals surface area contributed by atoms with Crippen LogP contribution in [0.2, 0.25) is 0 Å². The minimum Gasteiger partial charge on any atom is -0.310 e. The van der Waals surface area contributed by atoms with Gasteiger partial charge in [0.15, 0.2) is 0 Å². The van der Waals surface area contributed by atoms with Gasteiger partial charge in [-0.3, -0.25) is 0 Å². The molecule has 0 unspecified atom stereocenters. The SMILES string of the molecule is CC1(C)c2ccccc2-c2ccc(N(c3ccccc3-c3ccccc3)c3c(-c4ccc(N(c5ccccc5)c5cccc6ccccc56)cc4)ccc4c3C(C)(C)c3ccccc3-4)cc21. The summed E-state index contributed by atoms with van der Waals surface area (Å²) in [5.41, 5.74) is 21.7. The number of benzene rings is 10. The molecule has 0 heterocycles. The van der Waals surface area contributed by atoms with Gasteiger partial charge in [-0.25, -0.2) is 0 Å². The summed E-state index contributed by atoms with van der Waals surface area (Å²) in [4.78, 5) is 4.99. The molecule has 0 atom stereocenters. The Bertz CT molecular complexity index is 3470. The van der Waals surface area contributed by atoms with Gasteiger partial charge in [-0.2, -0.15) is 0 Å². The van der Waals surface area contributed by atoms with Crippen molar-refractivity contribution in [2.45, 2.75) is 38.5 Å². The van der Waals surface area contributed by atoms with E-state index in [-0.39, 0.29) is 10.8 Å². The maximum atomic E-state index is 2.60. The van der Waals surface area contributed by atoms with Crippen LogP contribution in [0.1, 0.15) is 49.9 Å². The number of para-hydroxylation sites is 2. The summed E-state index contributed by atoms with van der Waals surface area (Å²) in [5, 5.41) is 2.43. The van der Waals surface area contributed by atoms with E-state index < -0.39 is 0 Å². The maximum Gasteiger partial charge on any atom is 0.0587 e. The second kappa shape index (κ2) is 15.4. The van der Waals surface area contributed by atoms with Gasteiger partial charge in [-0.15, -0.1) is 0 Å². The molecule has 0 amide bonds. The first-order valence-corrected chi connectivity index (χ1v) is 23.2. The Morgan fingerprint density at radius 2 is 0.803 bits per heavy atom. The van der Waals surface area contributed by atoms with Crippen LogP contribution in [-0.2, 0) is 10.8 Å². The van der Waals surface area contributed by atoms with E-state index in [1.807, 2.05) is 0 Å². The van der Waals surface area contributed by atoms with Crippen LogP contribution in [0.4, 0.5) is 34.1 Å². The third kappa shape index (κ3) is 6.16. The predicted octanol–water partition coefficient (Wildman–Crippen LogP) is 17.7. The summed E-state index contributed by atoms with van der Waals surface area (Å²) in [6.45, 7) is 9.60. The summed E-state index contributed by atoms with van der Waals surface area (Å²) >= 11 is 0. The Balaban J connectivity index is 1.12. The van der Waals surface area contributed by atoms with Crippen molar-refractivity contribution in [1.82, 2.24) is 0 Å². The van der Waals surface area contributed by atoms with Crippen LogP contribution in [0.15, 0.2) is 231 Å². The standard InChI is InChI=1S/C64H50N2/c1-63(2)56-30-16-13-28-52(56)54-39-38-48(42-58(54)63)66(60-32-18-15-27-50(60)43-20-7-5-8-21-43)62-51(40-41-55-53-29-14-17-31-57(53)64(3,4)61(55)62)45-34-36-47(37-35-45)65(46-24-9-6-10-25-46)59-33-19-23-44-22-11-12-26-49(44)59/h5-42H,1-4H3. The lowest BCUT2D eigenvalue weighted by Crippen LogP contribution is -2.22. The fourth-order valence-corrected chi connectivity index (χ4v) is 11.3. The zero-order valence-electron chi connectivity index (χ0n) is 37.8. The average molecular weight is 847 g/mol. The van der Waals surface area contributed by atoms with Crippen molar-refractivity contribution in [3.8, 4) is 44.5 Å². The molecule has 0 radical (unpaired) electrons. The van der Waals surface area contributed by atoms with Crippen molar-refractivity contribution in [2.75, 3.05) is 9.80 Å². The second-order valence-corrected chi connectivity index (χ2v) is 18.9. The van der Waals surface area contributed by atoms with Crippen LogP contribution in [0, 0.1) is 0 Å². The van der Waals surface area contributed by atoms with Gasteiger partial charge >= 0.3 is 0 Å². The zero-order chi connectivity index (χ0) is 44.6. The molecule has 12 rings (SSSR count). The van der Waals surface area contributed by atoms with E-state index in [9.17, 15) is 0 Å². The fraction of sp³-hybridized carbons (Fsp3) is 0.0938. The van der Waals surface area contributed by atoms with Crippen molar-refractivity contribution < 1.29 is 0 Å². The van der Waals surface area contributed by atoms with Crippen LogP contribution in [0.3, 0.4) is 0 Å². The molecule has 316 valence electrons. The lowest BCUT2D eigenvalue weighted by atomic mass is 9.79. The average Bonchev–Trinajstić information content (AvgIpc) is 3.74. The first kappa shape index (κ1) is 39.6. The molecule has 10 aromatic carbocycles. The number of hydrogen-bond acceptors (Lipinski definition) is 2. The van der Waals surface area contributed by atoms with Crippen LogP contribution in [0.25, 0.3) is 55.3 Å². The van der Waals surface area contributed by atoms with Crippen molar-refractivity contribution in [2.24, 2.45) is 0 Å². The largest absolute Gasteiger partial charge is 0.310 e. The van der Waals surface area contributed by atoms with Gasteiger partial charge in [0.25, 0.3) is 0 Å². The molecule has 0 aromatic heterocycles. The van der Waals surface area contributed by atoms with Crippen LogP contribution < -0.4 is 9.80 Å².